The van der Waals surface area contributed by atoms with Crippen LogP contribution in [0.2, 0.25) is 0 Å². The van der Waals surface area contributed by atoms with Crippen LogP contribution >= 0.6 is 0 Å². The minimum absolute atomic E-state index is 0.159. The molecule has 2 N–H and O–H groups in total. The number of amides is 1. The summed E-state index contributed by atoms with van der Waals surface area (Å²) in [6.45, 7) is 8.29. The number of hydrogen-bond acceptors (Lipinski definition) is 3. The third kappa shape index (κ3) is 3.93. The second-order valence-electron chi connectivity index (χ2n) is 6.43. The lowest BCUT2D eigenvalue weighted by molar-refractivity contribution is -0.137. The largest absolute Gasteiger partial charge is 0.340 e. The molecule has 4 nitrogen and oxygen atoms in total. The van der Waals surface area contributed by atoms with Gasteiger partial charge in [0.1, 0.15) is 0 Å². The van der Waals surface area contributed by atoms with Crippen LogP contribution in [-0.4, -0.2) is 54.0 Å². The molecule has 2 fully saturated rings. The maximum atomic E-state index is 12.4. The van der Waals surface area contributed by atoms with Gasteiger partial charge in [0.05, 0.1) is 0 Å². The van der Waals surface area contributed by atoms with Gasteiger partial charge in [-0.1, -0.05) is 13.3 Å². The van der Waals surface area contributed by atoms with Crippen molar-refractivity contribution in [2.45, 2.75) is 58.0 Å². The third-order valence-electron chi connectivity index (χ3n) is 4.62. The van der Waals surface area contributed by atoms with Crippen molar-refractivity contribution in [3.05, 3.63) is 0 Å². The first kappa shape index (κ1) is 14.8. The molecule has 2 heterocycles. The first-order valence-electron chi connectivity index (χ1n) is 7.86. The molecule has 0 aromatic carbocycles. The Morgan fingerprint density at radius 1 is 1.26 bits per heavy atom. The van der Waals surface area contributed by atoms with Crippen LogP contribution in [0.5, 0.6) is 0 Å². The van der Waals surface area contributed by atoms with Crippen LogP contribution in [0.4, 0.5) is 0 Å². The lowest BCUT2D eigenvalue weighted by Crippen LogP contribution is -2.53. The monoisotopic (exact) mass is 267 g/mol. The zero-order valence-electron chi connectivity index (χ0n) is 12.5. The number of carbonyl (C=O) groups is 1. The molecule has 0 aromatic rings. The van der Waals surface area contributed by atoms with Gasteiger partial charge in [-0.05, 0) is 39.2 Å². The molecule has 3 atom stereocenters. The predicted molar refractivity (Wildman–Crippen MR) is 77.8 cm³/mol. The van der Waals surface area contributed by atoms with Crippen LogP contribution in [-0.2, 0) is 4.79 Å². The highest BCUT2D eigenvalue weighted by atomic mass is 16.2. The molecule has 110 valence electrons. The normalized spacial score (nSPS) is 27.1. The van der Waals surface area contributed by atoms with E-state index in [-0.39, 0.29) is 12.0 Å². The maximum absolute atomic E-state index is 12.4. The Morgan fingerprint density at radius 2 is 2.05 bits per heavy atom. The van der Waals surface area contributed by atoms with Crippen LogP contribution < -0.4 is 5.73 Å². The average molecular weight is 267 g/mol. The molecule has 0 radical (unpaired) electrons. The topological polar surface area (TPSA) is 49.6 Å². The molecule has 2 saturated heterocycles. The standard InChI is InChI=1S/C15H29N3O/c1-12(5-3-6-13(2)16)15(19)18-10-9-17-8-4-7-14(17)11-18/h12-14H,3-11,16H2,1-2H3. The fourth-order valence-corrected chi connectivity index (χ4v) is 3.37. The van der Waals surface area contributed by atoms with E-state index in [1.54, 1.807) is 0 Å². The number of carbonyl (C=O) groups excluding carboxylic acids is 1. The molecule has 2 rings (SSSR count). The van der Waals surface area contributed by atoms with Gasteiger partial charge < -0.3 is 10.6 Å². The Labute approximate surface area is 117 Å². The predicted octanol–water partition coefficient (Wildman–Crippen LogP) is 1.45. The average Bonchev–Trinajstić information content (AvgIpc) is 2.84. The van der Waals surface area contributed by atoms with Crippen molar-refractivity contribution >= 4 is 5.91 Å². The van der Waals surface area contributed by atoms with Gasteiger partial charge in [0, 0.05) is 37.6 Å². The van der Waals surface area contributed by atoms with Crippen LogP contribution in [0, 0.1) is 5.92 Å². The molecule has 0 spiro atoms. The van der Waals surface area contributed by atoms with E-state index < -0.39 is 0 Å². The van der Waals surface area contributed by atoms with E-state index in [0.29, 0.717) is 11.9 Å². The van der Waals surface area contributed by atoms with Gasteiger partial charge in [0.2, 0.25) is 5.91 Å². The summed E-state index contributed by atoms with van der Waals surface area (Å²) in [6.07, 6.45) is 5.63. The highest BCUT2D eigenvalue weighted by Crippen LogP contribution is 2.23. The molecule has 4 heteroatoms. The minimum atomic E-state index is 0.159. The van der Waals surface area contributed by atoms with Gasteiger partial charge in [-0.3, -0.25) is 9.69 Å². The lowest BCUT2D eigenvalue weighted by atomic mass is 10.00. The lowest BCUT2D eigenvalue weighted by Gasteiger charge is -2.38. The van der Waals surface area contributed by atoms with Crippen LogP contribution in [0.3, 0.4) is 0 Å². The van der Waals surface area contributed by atoms with Gasteiger partial charge in [-0.15, -0.1) is 0 Å². The van der Waals surface area contributed by atoms with Gasteiger partial charge in [-0.25, -0.2) is 0 Å². The molecule has 19 heavy (non-hydrogen) atoms. The van der Waals surface area contributed by atoms with E-state index in [2.05, 4.69) is 16.7 Å². The summed E-state index contributed by atoms with van der Waals surface area (Å²) in [5, 5.41) is 0. The van der Waals surface area contributed by atoms with Crippen molar-refractivity contribution in [2.24, 2.45) is 11.7 Å². The van der Waals surface area contributed by atoms with E-state index in [4.69, 9.17) is 5.73 Å². The highest BCUT2D eigenvalue weighted by molar-refractivity contribution is 5.78. The van der Waals surface area contributed by atoms with Crippen molar-refractivity contribution < 1.29 is 4.79 Å². The smallest absolute Gasteiger partial charge is 0.225 e. The van der Waals surface area contributed by atoms with Crippen molar-refractivity contribution in [1.29, 1.82) is 0 Å². The molecule has 1 amide bonds. The summed E-state index contributed by atoms with van der Waals surface area (Å²) in [6, 6.07) is 0.887. The Hall–Kier alpha value is -0.610. The number of fused-ring (bicyclic) bond motifs is 1. The van der Waals surface area contributed by atoms with Gasteiger partial charge >= 0.3 is 0 Å². The minimum Gasteiger partial charge on any atom is -0.340 e. The van der Waals surface area contributed by atoms with E-state index in [0.717, 1.165) is 38.9 Å². The van der Waals surface area contributed by atoms with E-state index >= 15 is 0 Å². The molecule has 0 saturated carbocycles. The maximum Gasteiger partial charge on any atom is 0.225 e. The molecular formula is C15H29N3O. The number of nitrogens with two attached hydrogens (primary N) is 1. The summed E-state index contributed by atoms with van der Waals surface area (Å²) in [5.41, 5.74) is 5.76. The highest BCUT2D eigenvalue weighted by Gasteiger charge is 2.33. The van der Waals surface area contributed by atoms with Crippen molar-refractivity contribution in [1.82, 2.24) is 9.80 Å². The SMILES string of the molecule is CC(N)CCCC(C)C(=O)N1CCN2CCCC2C1. The van der Waals surface area contributed by atoms with E-state index in [9.17, 15) is 4.79 Å². The van der Waals surface area contributed by atoms with Crippen LogP contribution in [0.25, 0.3) is 0 Å². The van der Waals surface area contributed by atoms with Crippen molar-refractivity contribution in [3.63, 3.8) is 0 Å². The Kier molecular flexibility index (Phi) is 5.22. The number of rotatable bonds is 5. The second-order valence-corrected chi connectivity index (χ2v) is 6.43. The Balaban J connectivity index is 1.75. The summed E-state index contributed by atoms with van der Waals surface area (Å²) < 4.78 is 0. The zero-order valence-corrected chi connectivity index (χ0v) is 12.5. The quantitative estimate of drug-likeness (QED) is 0.820. The molecule has 0 bridgehead atoms. The summed E-state index contributed by atoms with van der Waals surface area (Å²) in [7, 11) is 0. The molecule has 3 unspecified atom stereocenters. The van der Waals surface area contributed by atoms with Crippen molar-refractivity contribution in [2.75, 3.05) is 26.2 Å². The molecular weight excluding hydrogens is 238 g/mol. The third-order valence-corrected chi connectivity index (χ3v) is 4.62. The first-order chi connectivity index (χ1) is 9.08. The van der Waals surface area contributed by atoms with Crippen molar-refractivity contribution in [3.8, 4) is 0 Å². The van der Waals surface area contributed by atoms with E-state index in [1.807, 2.05) is 6.92 Å². The number of piperazine rings is 1. The number of nitrogens with zero attached hydrogens (tertiary/aromatic N) is 2. The van der Waals surface area contributed by atoms with E-state index in [1.165, 1.54) is 19.4 Å². The Morgan fingerprint density at radius 3 is 2.79 bits per heavy atom. The fourth-order valence-electron chi connectivity index (χ4n) is 3.37. The van der Waals surface area contributed by atoms with Crippen LogP contribution in [0.15, 0.2) is 0 Å². The van der Waals surface area contributed by atoms with Crippen LogP contribution in [0.1, 0.15) is 46.0 Å². The second kappa shape index (κ2) is 6.71. The van der Waals surface area contributed by atoms with Gasteiger partial charge in [0.15, 0.2) is 0 Å². The van der Waals surface area contributed by atoms with Gasteiger partial charge in [-0.2, -0.15) is 0 Å². The molecule has 0 aromatic heterocycles. The number of hydrogen-bond donors (Lipinski definition) is 1. The summed E-state index contributed by atoms with van der Waals surface area (Å²) in [4.78, 5) is 17.1. The summed E-state index contributed by atoms with van der Waals surface area (Å²) in [5.74, 6) is 0.517. The summed E-state index contributed by atoms with van der Waals surface area (Å²) >= 11 is 0. The molecule has 2 aliphatic rings. The fraction of sp³-hybridized carbons (Fsp3) is 0.933. The molecule has 2 aliphatic heterocycles. The van der Waals surface area contributed by atoms with Gasteiger partial charge in [0.25, 0.3) is 0 Å². The zero-order chi connectivity index (χ0) is 13.8. The molecule has 0 aliphatic carbocycles. The Bertz CT molecular complexity index is 306. The first-order valence-corrected chi connectivity index (χ1v) is 7.86.